The number of carboxylic acids is 1. The van der Waals surface area contributed by atoms with Crippen LogP contribution in [0.4, 0.5) is 0 Å². The Kier molecular flexibility index (Phi) is 1.66. The lowest BCUT2D eigenvalue weighted by Crippen LogP contribution is -1.97. The van der Waals surface area contributed by atoms with E-state index in [-0.39, 0.29) is 11.2 Å². The van der Waals surface area contributed by atoms with E-state index in [1.807, 2.05) is 0 Å². The van der Waals surface area contributed by atoms with Crippen LogP contribution in [-0.4, -0.2) is 26.3 Å². The van der Waals surface area contributed by atoms with Gasteiger partial charge in [0.1, 0.15) is 11.0 Å². The Labute approximate surface area is 77.4 Å². The molecule has 0 atom stereocenters. The Morgan fingerprint density at radius 1 is 1.54 bits per heavy atom. The normalized spacial score (nSPS) is 10.5. The summed E-state index contributed by atoms with van der Waals surface area (Å²) in [4.78, 5) is 14.5. The van der Waals surface area contributed by atoms with E-state index in [0.29, 0.717) is 10.5 Å². The van der Waals surface area contributed by atoms with Crippen LogP contribution < -0.4 is 0 Å². The smallest absolute Gasteiger partial charge is 0.356 e. The number of rotatable bonds is 1. The molecule has 0 aliphatic rings. The topological polar surface area (TPSA) is 78.9 Å². The van der Waals surface area contributed by atoms with E-state index in [0.717, 1.165) is 0 Å². The van der Waals surface area contributed by atoms with E-state index in [2.05, 4.69) is 15.2 Å². The van der Waals surface area contributed by atoms with Crippen molar-refractivity contribution in [3.63, 3.8) is 0 Å². The van der Waals surface area contributed by atoms with Gasteiger partial charge in [0.2, 0.25) is 0 Å². The molecular weight excluding hydrogens is 194 g/mol. The number of halogens is 1. The molecule has 0 radical (unpaired) electrons. The van der Waals surface area contributed by atoms with Crippen LogP contribution in [0.3, 0.4) is 0 Å². The highest BCUT2D eigenvalue weighted by Crippen LogP contribution is 2.20. The van der Waals surface area contributed by atoms with Crippen LogP contribution >= 0.6 is 11.6 Å². The summed E-state index contributed by atoms with van der Waals surface area (Å²) >= 11 is 5.76. The van der Waals surface area contributed by atoms with Crippen LogP contribution in [-0.2, 0) is 0 Å². The Balaban J connectivity index is 2.83. The minimum absolute atomic E-state index is 0.0440. The number of hydrogen-bond donors (Lipinski definition) is 2. The van der Waals surface area contributed by atoms with Gasteiger partial charge < -0.3 is 5.11 Å². The molecule has 5 nitrogen and oxygen atoms in total. The Morgan fingerprint density at radius 2 is 2.31 bits per heavy atom. The van der Waals surface area contributed by atoms with E-state index < -0.39 is 5.97 Å². The summed E-state index contributed by atoms with van der Waals surface area (Å²) in [7, 11) is 0. The second-order valence-electron chi connectivity index (χ2n) is 2.39. The van der Waals surface area contributed by atoms with Gasteiger partial charge in [-0.05, 0) is 6.07 Å². The lowest BCUT2D eigenvalue weighted by Gasteiger charge is -1.90. The Bertz CT molecular complexity index is 480. The van der Waals surface area contributed by atoms with E-state index in [1.165, 1.54) is 6.20 Å². The summed E-state index contributed by atoms with van der Waals surface area (Å²) in [5.74, 6) is -1.10. The number of nitrogens with one attached hydrogen (secondary N) is 1. The van der Waals surface area contributed by atoms with E-state index >= 15 is 0 Å². The van der Waals surface area contributed by atoms with Gasteiger partial charge in [0.25, 0.3) is 0 Å². The third-order valence-electron chi connectivity index (χ3n) is 1.61. The first-order valence-electron chi connectivity index (χ1n) is 3.42. The molecular formula is C7H4ClN3O2. The van der Waals surface area contributed by atoms with Crippen molar-refractivity contribution in [1.82, 2.24) is 15.2 Å². The van der Waals surface area contributed by atoms with Gasteiger partial charge in [-0.15, -0.1) is 0 Å². The van der Waals surface area contributed by atoms with Crippen molar-refractivity contribution >= 4 is 28.6 Å². The first-order valence-corrected chi connectivity index (χ1v) is 3.80. The fourth-order valence-electron chi connectivity index (χ4n) is 1.03. The monoisotopic (exact) mass is 197 g/mol. The van der Waals surface area contributed by atoms with Crippen LogP contribution in [0.2, 0.25) is 5.02 Å². The average Bonchev–Trinajstić information content (AvgIpc) is 2.48. The molecule has 0 saturated carbocycles. The molecule has 0 amide bonds. The number of aromatic nitrogens is 3. The zero-order chi connectivity index (χ0) is 9.42. The number of aromatic amines is 1. The van der Waals surface area contributed by atoms with Crippen LogP contribution in [0.5, 0.6) is 0 Å². The quantitative estimate of drug-likeness (QED) is 0.723. The van der Waals surface area contributed by atoms with Gasteiger partial charge in [0.15, 0.2) is 5.69 Å². The highest BCUT2D eigenvalue weighted by Gasteiger charge is 2.14. The maximum Gasteiger partial charge on any atom is 0.356 e. The van der Waals surface area contributed by atoms with Crippen molar-refractivity contribution in [3.05, 3.63) is 23.0 Å². The molecule has 0 bridgehead atoms. The Morgan fingerprint density at radius 3 is 3.00 bits per heavy atom. The SMILES string of the molecule is O=C(O)c1[nH]nc2c(Cl)ccnc12. The Hall–Kier alpha value is -1.62. The molecule has 0 unspecified atom stereocenters. The van der Waals surface area contributed by atoms with Crippen molar-refractivity contribution in [3.8, 4) is 0 Å². The van der Waals surface area contributed by atoms with Gasteiger partial charge in [0, 0.05) is 6.20 Å². The molecule has 2 rings (SSSR count). The number of pyridine rings is 1. The molecule has 0 aromatic carbocycles. The number of fused-ring (bicyclic) bond motifs is 1. The van der Waals surface area contributed by atoms with Crippen molar-refractivity contribution in [2.75, 3.05) is 0 Å². The van der Waals surface area contributed by atoms with Crippen LogP contribution in [0, 0.1) is 0 Å². The highest BCUT2D eigenvalue weighted by molar-refractivity contribution is 6.35. The second kappa shape index (κ2) is 2.70. The number of H-pyrrole nitrogens is 1. The lowest BCUT2D eigenvalue weighted by atomic mass is 10.3. The predicted octanol–water partition coefficient (Wildman–Crippen LogP) is 1.31. The van der Waals surface area contributed by atoms with E-state index in [4.69, 9.17) is 16.7 Å². The molecule has 0 saturated heterocycles. The summed E-state index contributed by atoms with van der Waals surface area (Å²) < 4.78 is 0. The summed E-state index contributed by atoms with van der Waals surface area (Å²) in [5, 5.41) is 15.2. The highest BCUT2D eigenvalue weighted by atomic mass is 35.5. The van der Waals surface area contributed by atoms with E-state index in [1.54, 1.807) is 6.07 Å². The van der Waals surface area contributed by atoms with Gasteiger partial charge >= 0.3 is 5.97 Å². The van der Waals surface area contributed by atoms with Crippen molar-refractivity contribution in [2.24, 2.45) is 0 Å². The zero-order valence-corrected chi connectivity index (χ0v) is 7.04. The van der Waals surface area contributed by atoms with Gasteiger partial charge in [-0.2, -0.15) is 5.10 Å². The summed E-state index contributed by atoms with van der Waals surface area (Å²) in [6.45, 7) is 0. The zero-order valence-electron chi connectivity index (χ0n) is 6.28. The van der Waals surface area contributed by atoms with Crippen molar-refractivity contribution in [1.29, 1.82) is 0 Å². The first-order chi connectivity index (χ1) is 6.20. The molecule has 0 fully saturated rings. The van der Waals surface area contributed by atoms with Gasteiger partial charge in [-0.1, -0.05) is 11.6 Å². The molecule has 2 heterocycles. The van der Waals surface area contributed by atoms with Crippen LogP contribution in [0.1, 0.15) is 10.5 Å². The summed E-state index contributed by atoms with van der Waals surface area (Å²) in [6, 6.07) is 1.55. The predicted molar refractivity (Wildman–Crippen MR) is 45.9 cm³/mol. The molecule has 2 aromatic heterocycles. The molecule has 66 valence electrons. The molecule has 0 spiro atoms. The van der Waals surface area contributed by atoms with Gasteiger partial charge in [-0.3, -0.25) is 10.1 Å². The number of carbonyl (C=O) groups is 1. The minimum Gasteiger partial charge on any atom is -0.476 e. The standard InChI is InChI=1S/C7H4ClN3O2/c8-3-1-2-9-5-4(3)10-11-6(5)7(12)13/h1-2H,(H,10,11)(H,12,13). The largest absolute Gasteiger partial charge is 0.476 e. The fourth-order valence-corrected chi connectivity index (χ4v) is 1.22. The summed E-state index contributed by atoms with van der Waals surface area (Å²) in [5.41, 5.74) is 0.610. The number of nitrogens with zero attached hydrogens (tertiary/aromatic N) is 2. The number of aromatic carboxylic acids is 1. The third-order valence-corrected chi connectivity index (χ3v) is 1.91. The maximum absolute atomic E-state index is 10.6. The molecule has 2 N–H and O–H groups in total. The lowest BCUT2D eigenvalue weighted by molar-refractivity contribution is 0.0692. The van der Waals surface area contributed by atoms with Gasteiger partial charge in [-0.25, -0.2) is 4.79 Å². The number of hydrogen-bond acceptors (Lipinski definition) is 3. The molecule has 6 heteroatoms. The summed E-state index contributed by atoms with van der Waals surface area (Å²) in [6.07, 6.45) is 1.44. The van der Waals surface area contributed by atoms with Gasteiger partial charge in [0.05, 0.1) is 5.02 Å². The number of carboxylic acid groups (broad SMARTS) is 1. The minimum atomic E-state index is -1.10. The van der Waals surface area contributed by atoms with Crippen LogP contribution in [0.15, 0.2) is 12.3 Å². The second-order valence-corrected chi connectivity index (χ2v) is 2.80. The molecule has 2 aromatic rings. The average molecular weight is 198 g/mol. The van der Waals surface area contributed by atoms with Crippen LogP contribution in [0.25, 0.3) is 11.0 Å². The third kappa shape index (κ3) is 1.13. The molecule has 13 heavy (non-hydrogen) atoms. The molecule has 0 aliphatic heterocycles. The first kappa shape index (κ1) is 8.00. The van der Waals surface area contributed by atoms with Crippen molar-refractivity contribution in [2.45, 2.75) is 0 Å². The van der Waals surface area contributed by atoms with E-state index in [9.17, 15) is 4.79 Å². The fraction of sp³-hybridized carbons (Fsp3) is 0. The molecule has 0 aliphatic carbocycles. The van der Waals surface area contributed by atoms with Crippen molar-refractivity contribution < 1.29 is 9.90 Å². The maximum atomic E-state index is 10.6.